The van der Waals surface area contributed by atoms with E-state index in [1.165, 1.54) is 6.08 Å². The Labute approximate surface area is 209 Å². The fourth-order valence-corrected chi connectivity index (χ4v) is 2.82. The van der Waals surface area contributed by atoms with Crippen LogP contribution in [0.2, 0.25) is 10.0 Å². The summed E-state index contributed by atoms with van der Waals surface area (Å²) in [7, 11) is 0. The molecule has 0 N–H and O–H groups in total. The second-order valence-electron chi connectivity index (χ2n) is 7.94. The highest BCUT2D eigenvalue weighted by Gasteiger charge is 2.23. The second-order valence-corrected chi connectivity index (χ2v) is 9.76. The number of nitrogens with zero attached hydrogens (tertiary/aromatic N) is 1. The average Bonchev–Trinajstić information content (AvgIpc) is 2.68. The number of oxime groups is 1. The number of rotatable bonds is 13. The Morgan fingerprint density at radius 1 is 1.03 bits per heavy atom. The molecule has 0 amide bonds. The van der Waals surface area contributed by atoms with E-state index < -0.39 is 5.41 Å². The highest BCUT2D eigenvalue weighted by Crippen LogP contribution is 2.37. The summed E-state index contributed by atoms with van der Waals surface area (Å²) in [6, 6.07) is 3.24. The first kappa shape index (κ1) is 28.9. The third-order valence-corrected chi connectivity index (χ3v) is 4.72. The van der Waals surface area contributed by atoms with Crippen molar-refractivity contribution in [2.24, 2.45) is 10.6 Å². The lowest BCUT2D eigenvalue weighted by Gasteiger charge is -2.13. The number of halogens is 4. The first-order valence-electron chi connectivity index (χ1n) is 10.1. The van der Waals surface area contributed by atoms with Gasteiger partial charge in [-0.1, -0.05) is 51.6 Å². The second kappa shape index (κ2) is 14.9. The molecule has 0 aliphatic carbocycles. The van der Waals surface area contributed by atoms with Gasteiger partial charge in [-0.05, 0) is 53.0 Å². The molecule has 1 aromatic carbocycles. The molecule has 0 bridgehead atoms. The number of benzene rings is 1. The number of ether oxygens (including phenoxy) is 3. The number of unbranched alkanes of at least 4 members (excludes halogenated alkanes) is 2. The van der Waals surface area contributed by atoms with Gasteiger partial charge in [0.15, 0.2) is 5.75 Å². The minimum atomic E-state index is -0.590. The Kier molecular flexibility index (Phi) is 13.4. The van der Waals surface area contributed by atoms with Crippen LogP contribution < -0.4 is 9.47 Å². The quantitative estimate of drug-likeness (QED) is 0.117. The van der Waals surface area contributed by atoms with E-state index in [4.69, 9.17) is 65.5 Å². The minimum absolute atomic E-state index is 0.123. The normalized spacial score (nSPS) is 11.8. The van der Waals surface area contributed by atoms with Crippen molar-refractivity contribution >= 4 is 58.1 Å². The van der Waals surface area contributed by atoms with Gasteiger partial charge in [-0.25, -0.2) is 4.79 Å². The third kappa shape index (κ3) is 12.2. The fraction of sp³-hybridized carbons (Fsp3) is 0.545. The van der Waals surface area contributed by atoms with Crippen LogP contribution in [-0.2, 0) is 14.4 Å². The molecule has 0 spiro atoms. The van der Waals surface area contributed by atoms with Crippen molar-refractivity contribution in [3.63, 3.8) is 0 Å². The Bertz CT molecular complexity index is 779. The van der Waals surface area contributed by atoms with Crippen molar-refractivity contribution in [2.45, 2.75) is 47.0 Å². The van der Waals surface area contributed by atoms with Gasteiger partial charge in [-0.2, -0.15) is 0 Å². The molecule has 0 atom stereocenters. The van der Waals surface area contributed by atoms with Crippen molar-refractivity contribution in [2.75, 3.05) is 26.4 Å². The lowest BCUT2D eigenvalue weighted by molar-refractivity contribution is -0.153. The summed E-state index contributed by atoms with van der Waals surface area (Å²) in [5, 5.41) is 4.51. The SMILES string of the molecule is CC(COCCCCCOc1c(Cl)cc(OCC=C(Cl)Cl)cc1Cl)=NOC(=O)C(C)(C)C. The first-order chi connectivity index (χ1) is 15.0. The summed E-state index contributed by atoms with van der Waals surface area (Å²) in [4.78, 5) is 16.5. The molecule has 0 saturated heterocycles. The zero-order chi connectivity index (χ0) is 24.1. The largest absolute Gasteiger partial charge is 0.490 e. The van der Waals surface area contributed by atoms with Crippen molar-refractivity contribution in [1.29, 1.82) is 0 Å². The molecular weight excluding hydrogens is 500 g/mol. The van der Waals surface area contributed by atoms with Gasteiger partial charge in [0, 0.05) is 18.7 Å². The minimum Gasteiger partial charge on any atom is -0.490 e. The summed E-state index contributed by atoms with van der Waals surface area (Å²) in [6.07, 6.45) is 4.07. The molecule has 0 aliphatic rings. The monoisotopic (exact) mass is 527 g/mol. The van der Waals surface area contributed by atoms with E-state index in [9.17, 15) is 4.79 Å². The molecule has 180 valence electrons. The number of hydrogen-bond donors (Lipinski definition) is 0. The van der Waals surface area contributed by atoms with E-state index in [-0.39, 0.29) is 17.1 Å². The predicted octanol–water partition coefficient (Wildman–Crippen LogP) is 7.22. The highest BCUT2D eigenvalue weighted by atomic mass is 35.5. The van der Waals surface area contributed by atoms with Crippen molar-refractivity contribution in [3.05, 3.63) is 32.7 Å². The maximum absolute atomic E-state index is 11.7. The summed E-state index contributed by atoms with van der Waals surface area (Å²) in [5.41, 5.74) is 0.0117. The summed E-state index contributed by atoms with van der Waals surface area (Å²) < 4.78 is 16.8. The Hall–Kier alpha value is -1.18. The van der Waals surface area contributed by atoms with Gasteiger partial charge in [0.25, 0.3) is 0 Å². The van der Waals surface area contributed by atoms with E-state index in [1.54, 1.807) is 39.8 Å². The van der Waals surface area contributed by atoms with E-state index in [2.05, 4.69) is 5.16 Å². The summed E-state index contributed by atoms with van der Waals surface area (Å²) in [6.45, 7) is 8.59. The molecular formula is C22H29Cl4NO5. The van der Waals surface area contributed by atoms with Gasteiger partial charge in [0.1, 0.15) is 16.8 Å². The molecule has 0 heterocycles. The summed E-state index contributed by atoms with van der Waals surface area (Å²) in [5.74, 6) is 0.523. The van der Waals surface area contributed by atoms with Gasteiger partial charge in [-0.15, -0.1) is 0 Å². The van der Waals surface area contributed by atoms with Crippen molar-refractivity contribution < 1.29 is 23.8 Å². The smallest absolute Gasteiger partial charge is 0.340 e. The van der Waals surface area contributed by atoms with E-state index >= 15 is 0 Å². The maximum Gasteiger partial charge on any atom is 0.340 e. The molecule has 6 nitrogen and oxygen atoms in total. The van der Waals surface area contributed by atoms with Crippen LogP contribution in [0.15, 0.2) is 27.9 Å². The van der Waals surface area contributed by atoms with E-state index in [0.717, 1.165) is 19.3 Å². The molecule has 0 fully saturated rings. The molecule has 0 saturated carbocycles. The highest BCUT2D eigenvalue weighted by molar-refractivity contribution is 6.55. The molecule has 0 aliphatic heterocycles. The van der Waals surface area contributed by atoms with Crippen LogP contribution in [0.25, 0.3) is 0 Å². The maximum atomic E-state index is 11.7. The van der Waals surface area contributed by atoms with E-state index in [1.807, 2.05) is 0 Å². The zero-order valence-electron chi connectivity index (χ0n) is 18.7. The topological polar surface area (TPSA) is 66.3 Å². The number of hydrogen-bond acceptors (Lipinski definition) is 6. The van der Waals surface area contributed by atoms with Gasteiger partial charge in [0.05, 0.1) is 34.4 Å². The van der Waals surface area contributed by atoms with Crippen LogP contribution in [0.4, 0.5) is 0 Å². The lowest BCUT2D eigenvalue weighted by Crippen LogP contribution is -2.21. The van der Waals surface area contributed by atoms with Crippen LogP contribution in [0, 0.1) is 5.41 Å². The molecule has 0 unspecified atom stereocenters. The third-order valence-electron chi connectivity index (χ3n) is 3.85. The fourth-order valence-electron chi connectivity index (χ4n) is 2.12. The van der Waals surface area contributed by atoms with Crippen LogP contribution in [-0.4, -0.2) is 38.1 Å². The van der Waals surface area contributed by atoms with Crippen molar-refractivity contribution in [1.82, 2.24) is 0 Å². The van der Waals surface area contributed by atoms with E-state index in [0.29, 0.717) is 47.1 Å². The van der Waals surface area contributed by atoms with Crippen LogP contribution in [0.1, 0.15) is 47.0 Å². The van der Waals surface area contributed by atoms with Gasteiger partial charge < -0.3 is 19.0 Å². The molecule has 0 aromatic heterocycles. The number of carbonyl (C=O) groups is 1. The van der Waals surface area contributed by atoms with Gasteiger partial charge in [0.2, 0.25) is 0 Å². The van der Waals surface area contributed by atoms with Crippen LogP contribution >= 0.6 is 46.4 Å². The van der Waals surface area contributed by atoms with Gasteiger partial charge in [-0.3, -0.25) is 0 Å². The average molecular weight is 529 g/mol. The molecule has 10 heteroatoms. The number of carbonyl (C=O) groups excluding carboxylic acids is 1. The molecule has 32 heavy (non-hydrogen) atoms. The van der Waals surface area contributed by atoms with Crippen LogP contribution in [0.3, 0.4) is 0 Å². The Balaban J connectivity index is 2.24. The standard InChI is InChI=1S/C22H29Cl4NO5/c1-15(27-32-21(28)22(2,3)4)14-29-9-6-5-7-10-31-20-17(23)12-16(13-18(20)24)30-11-8-19(25)26/h8,12-13H,5-7,9-11,14H2,1-4H3. The zero-order valence-corrected chi connectivity index (χ0v) is 21.7. The molecule has 0 radical (unpaired) electrons. The molecule has 1 rings (SSSR count). The predicted molar refractivity (Wildman–Crippen MR) is 131 cm³/mol. The first-order valence-corrected chi connectivity index (χ1v) is 11.6. The van der Waals surface area contributed by atoms with Crippen LogP contribution in [0.5, 0.6) is 11.5 Å². The summed E-state index contributed by atoms with van der Waals surface area (Å²) >= 11 is 23.6. The lowest BCUT2D eigenvalue weighted by atomic mass is 9.98. The molecule has 1 aromatic rings. The Morgan fingerprint density at radius 2 is 1.66 bits per heavy atom. The Morgan fingerprint density at radius 3 is 2.25 bits per heavy atom. The van der Waals surface area contributed by atoms with Gasteiger partial charge >= 0.3 is 5.97 Å². The van der Waals surface area contributed by atoms with Crippen molar-refractivity contribution in [3.8, 4) is 11.5 Å².